The molecule has 0 spiro atoms. The van der Waals surface area contributed by atoms with Crippen molar-refractivity contribution in [3.8, 4) is 23.0 Å². The average Bonchev–Trinajstić information content (AvgIpc) is 2.99. The number of phenols is 1. The maximum absolute atomic E-state index is 12.3. The van der Waals surface area contributed by atoms with Crippen molar-refractivity contribution in [1.82, 2.24) is 0 Å². The molecule has 5 nitrogen and oxygen atoms in total. The summed E-state index contributed by atoms with van der Waals surface area (Å²) in [5, 5.41) is 9.85. The summed E-state index contributed by atoms with van der Waals surface area (Å²) in [7, 11) is 1.45. The normalized spacial score (nSPS) is 12.6. The van der Waals surface area contributed by atoms with Gasteiger partial charge in [-0.1, -0.05) is 18.2 Å². The smallest absolute Gasteiger partial charge is 0.231 e. The van der Waals surface area contributed by atoms with Crippen LogP contribution in [-0.4, -0.2) is 24.8 Å². The van der Waals surface area contributed by atoms with Gasteiger partial charge in [-0.3, -0.25) is 4.79 Å². The Morgan fingerprint density at radius 3 is 2.86 bits per heavy atom. The van der Waals surface area contributed by atoms with Gasteiger partial charge in [-0.15, -0.1) is 0 Å². The molecule has 0 bridgehead atoms. The van der Waals surface area contributed by atoms with Crippen LogP contribution in [0.25, 0.3) is 6.08 Å². The third-order valence-corrected chi connectivity index (χ3v) is 3.29. The number of rotatable bonds is 4. The lowest BCUT2D eigenvalue weighted by molar-refractivity contribution is 0.104. The SMILES string of the molecule is COc1cccc(O)c1C(=O)C=Cc1ccc2c(c1)OCO2. The number of carbonyl (C=O) groups is 1. The molecule has 3 rings (SSSR count). The molecular weight excluding hydrogens is 284 g/mol. The third kappa shape index (κ3) is 2.61. The van der Waals surface area contributed by atoms with Crippen molar-refractivity contribution in [2.75, 3.05) is 13.9 Å². The number of allylic oxidation sites excluding steroid dienone is 1. The maximum atomic E-state index is 12.3. The third-order valence-electron chi connectivity index (χ3n) is 3.29. The number of hydrogen-bond donors (Lipinski definition) is 1. The number of methoxy groups -OCH3 is 1. The highest BCUT2D eigenvalue weighted by Gasteiger charge is 2.15. The zero-order valence-corrected chi connectivity index (χ0v) is 11.9. The van der Waals surface area contributed by atoms with Crippen LogP contribution in [0.3, 0.4) is 0 Å². The Bertz CT molecular complexity index is 749. The standard InChI is InChI=1S/C17H14O5/c1-20-15-4-2-3-12(18)17(15)13(19)7-5-11-6-8-14-16(9-11)22-10-21-14/h2-9,18H,10H2,1H3. The molecule has 0 amide bonds. The Hall–Kier alpha value is -2.95. The number of phenolic OH excluding ortho intramolecular Hbond substituents is 1. The Morgan fingerprint density at radius 1 is 1.23 bits per heavy atom. The van der Waals surface area contributed by atoms with Crippen molar-refractivity contribution in [3.05, 3.63) is 53.6 Å². The lowest BCUT2D eigenvalue weighted by Crippen LogP contribution is -1.99. The molecule has 22 heavy (non-hydrogen) atoms. The minimum atomic E-state index is -0.340. The van der Waals surface area contributed by atoms with Crippen molar-refractivity contribution in [2.24, 2.45) is 0 Å². The number of ketones is 1. The molecule has 0 aliphatic carbocycles. The van der Waals surface area contributed by atoms with Crippen LogP contribution in [0, 0.1) is 0 Å². The fourth-order valence-electron chi connectivity index (χ4n) is 2.21. The minimum Gasteiger partial charge on any atom is -0.507 e. The molecule has 5 heteroatoms. The van der Waals surface area contributed by atoms with E-state index in [2.05, 4.69) is 0 Å². The Morgan fingerprint density at radius 2 is 2.05 bits per heavy atom. The molecule has 0 saturated heterocycles. The second-order valence-corrected chi connectivity index (χ2v) is 4.66. The molecule has 1 heterocycles. The van der Waals surface area contributed by atoms with E-state index in [1.807, 2.05) is 6.07 Å². The van der Waals surface area contributed by atoms with E-state index < -0.39 is 0 Å². The zero-order chi connectivity index (χ0) is 15.5. The summed E-state index contributed by atoms with van der Waals surface area (Å²) < 4.78 is 15.6. The van der Waals surface area contributed by atoms with Gasteiger partial charge in [-0.25, -0.2) is 0 Å². The van der Waals surface area contributed by atoms with Crippen LogP contribution in [0.4, 0.5) is 0 Å². The van der Waals surface area contributed by atoms with Crippen LogP contribution < -0.4 is 14.2 Å². The first-order valence-corrected chi connectivity index (χ1v) is 6.67. The summed E-state index contributed by atoms with van der Waals surface area (Å²) in [6, 6.07) is 10.1. The molecule has 0 aromatic heterocycles. The fraction of sp³-hybridized carbons (Fsp3) is 0.118. The van der Waals surface area contributed by atoms with Gasteiger partial charge >= 0.3 is 0 Å². The summed E-state index contributed by atoms with van der Waals surface area (Å²) in [4.78, 5) is 12.3. The van der Waals surface area contributed by atoms with E-state index in [9.17, 15) is 9.90 Å². The van der Waals surface area contributed by atoms with Crippen LogP contribution in [0.2, 0.25) is 0 Å². The van der Waals surface area contributed by atoms with E-state index in [0.717, 1.165) is 5.56 Å². The number of benzene rings is 2. The first kappa shape index (κ1) is 14.0. The quantitative estimate of drug-likeness (QED) is 0.694. The van der Waals surface area contributed by atoms with Crippen LogP contribution in [0.15, 0.2) is 42.5 Å². The maximum Gasteiger partial charge on any atom is 0.231 e. The molecule has 0 unspecified atom stereocenters. The number of fused-ring (bicyclic) bond motifs is 1. The van der Waals surface area contributed by atoms with E-state index in [-0.39, 0.29) is 23.9 Å². The summed E-state index contributed by atoms with van der Waals surface area (Å²) in [5.74, 6) is 1.22. The van der Waals surface area contributed by atoms with Gasteiger partial charge in [0.2, 0.25) is 6.79 Å². The van der Waals surface area contributed by atoms with Gasteiger partial charge in [-0.2, -0.15) is 0 Å². The second kappa shape index (κ2) is 5.81. The first-order valence-electron chi connectivity index (χ1n) is 6.67. The lowest BCUT2D eigenvalue weighted by atomic mass is 10.1. The molecular formula is C17H14O5. The highest BCUT2D eigenvalue weighted by Crippen LogP contribution is 2.33. The number of hydrogen-bond acceptors (Lipinski definition) is 5. The van der Waals surface area contributed by atoms with Crippen molar-refractivity contribution in [1.29, 1.82) is 0 Å². The predicted molar refractivity (Wildman–Crippen MR) is 80.6 cm³/mol. The van der Waals surface area contributed by atoms with E-state index >= 15 is 0 Å². The molecule has 1 N–H and O–H groups in total. The average molecular weight is 298 g/mol. The second-order valence-electron chi connectivity index (χ2n) is 4.66. The molecule has 0 fully saturated rings. The van der Waals surface area contributed by atoms with Gasteiger partial charge in [-0.05, 0) is 35.9 Å². The van der Waals surface area contributed by atoms with E-state index in [0.29, 0.717) is 17.2 Å². The summed E-state index contributed by atoms with van der Waals surface area (Å²) >= 11 is 0. The molecule has 0 radical (unpaired) electrons. The Kier molecular flexibility index (Phi) is 3.70. The predicted octanol–water partition coefficient (Wildman–Crippen LogP) is 3.03. The van der Waals surface area contributed by atoms with Gasteiger partial charge in [0.05, 0.1) is 7.11 Å². The lowest BCUT2D eigenvalue weighted by Gasteiger charge is -2.07. The topological polar surface area (TPSA) is 65.0 Å². The molecule has 1 aliphatic rings. The van der Waals surface area contributed by atoms with Gasteiger partial charge in [0.25, 0.3) is 0 Å². The Labute approximate surface area is 127 Å². The molecule has 0 saturated carbocycles. The summed E-state index contributed by atoms with van der Waals surface area (Å²) in [5.41, 5.74) is 0.939. The van der Waals surface area contributed by atoms with E-state index in [4.69, 9.17) is 14.2 Å². The van der Waals surface area contributed by atoms with Crippen molar-refractivity contribution in [3.63, 3.8) is 0 Å². The van der Waals surface area contributed by atoms with E-state index in [1.165, 1.54) is 19.3 Å². The van der Waals surface area contributed by atoms with Crippen LogP contribution in [0.5, 0.6) is 23.0 Å². The molecule has 2 aromatic rings. The molecule has 1 aliphatic heterocycles. The van der Waals surface area contributed by atoms with Gasteiger partial charge in [0, 0.05) is 0 Å². The van der Waals surface area contributed by atoms with Crippen molar-refractivity contribution in [2.45, 2.75) is 0 Å². The zero-order valence-electron chi connectivity index (χ0n) is 11.9. The highest BCUT2D eigenvalue weighted by molar-refractivity contribution is 6.10. The van der Waals surface area contributed by atoms with Crippen LogP contribution in [0.1, 0.15) is 15.9 Å². The number of carbonyl (C=O) groups excluding carboxylic acids is 1. The monoisotopic (exact) mass is 298 g/mol. The van der Waals surface area contributed by atoms with Gasteiger partial charge in [0.15, 0.2) is 17.3 Å². The fourth-order valence-corrected chi connectivity index (χ4v) is 2.21. The van der Waals surface area contributed by atoms with Crippen LogP contribution in [-0.2, 0) is 0 Å². The number of ether oxygens (including phenoxy) is 3. The van der Waals surface area contributed by atoms with Crippen molar-refractivity contribution >= 4 is 11.9 Å². The van der Waals surface area contributed by atoms with Crippen LogP contribution >= 0.6 is 0 Å². The summed E-state index contributed by atoms with van der Waals surface area (Å²) in [6.07, 6.45) is 3.03. The van der Waals surface area contributed by atoms with Crippen molar-refractivity contribution < 1.29 is 24.1 Å². The Balaban J connectivity index is 1.85. The molecule has 112 valence electrons. The molecule has 2 aromatic carbocycles. The van der Waals surface area contributed by atoms with Gasteiger partial charge in [0.1, 0.15) is 17.1 Å². The molecule has 0 atom stereocenters. The van der Waals surface area contributed by atoms with Gasteiger partial charge < -0.3 is 19.3 Å². The largest absolute Gasteiger partial charge is 0.507 e. The number of aromatic hydroxyl groups is 1. The first-order chi connectivity index (χ1) is 10.7. The highest BCUT2D eigenvalue weighted by atomic mass is 16.7. The minimum absolute atomic E-state index is 0.111. The van der Waals surface area contributed by atoms with E-state index in [1.54, 1.807) is 30.3 Å². The summed E-state index contributed by atoms with van der Waals surface area (Å²) in [6.45, 7) is 0.205.